The van der Waals surface area contributed by atoms with E-state index < -0.39 is 0 Å². The van der Waals surface area contributed by atoms with E-state index in [1.807, 2.05) is 27.8 Å². The minimum Gasteiger partial charge on any atom is -0.347 e. The van der Waals surface area contributed by atoms with E-state index in [1.54, 1.807) is 19.2 Å². The maximum absolute atomic E-state index is 12.8. The second-order valence-electron chi connectivity index (χ2n) is 10.2. The predicted molar refractivity (Wildman–Crippen MR) is 154 cm³/mol. The van der Waals surface area contributed by atoms with E-state index in [4.69, 9.17) is 10.5 Å². The quantitative estimate of drug-likeness (QED) is 0.323. The molecule has 0 bridgehead atoms. The van der Waals surface area contributed by atoms with Crippen LogP contribution in [0, 0.1) is 12.3 Å². The highest BCUT2D eigenvalue weighted by atomic mass is 16.2. The van der Waals surface area contributed by atoms with Crippen LogP contribution in [0.2, 0.25) is 0 Å². The summed E-state index contributed by atoms with van der Waals surface area (Å²) in [6, 6.07) is 8.91. The van der Waals surface area contributed by atoms with Crippen molar-refractivity contribution in [1.82, 2.24) is 19.6 Å². The molecule has 37 heavy (non-hydrogen) atoms. The normalized spacial score (nSPS) is 17.5. The molecule has 1 saturated heterocycles. The van der Waals surface area contributed by atoms with Crippen LogP contribution in [0.3, 0.4) is 0 Å². The number of carbonyl (C=O) groups is 1. The van der Waals surface area contributed by atoms with Gasteiger partial charge < -0.3 is 15.6 Å². The minimum atomic E-state index is 0.0368. The summed E-state index contributed by atoms with van der Waals surface area (Å²) >= 11 is 0. The standard InChI is InChI=1S/C27H36N6O.C3H8/c1-5-29-27-25(20(3)28)26(21-13-11-19(2)12-14-21)30-33(27)23-15-17-32(18-23)24(34)10-7-16-31(4)22-8-6-9-22;1-3-2/h5,7,10-14,22-23,28-29H,1,6,8-9,15-18H2,2-4H3;3H2,1-2H3/b10-7+,28-20?;. The van der Waals surface area contributed by atoms with Crippen LogP contribution in [0.5, 0.6) is 0 Å². The fourth-order valence-electron chi connectivity index (χ4n) is 4.75. The molecule has 7 heteroatoms. The molecule has 1 unspecified atom stereocenters. The Labute approximate surface area is 222 Å². The van der Waals surface area contributed by atoms with Crippen molar-refractivity contribution in [1.29, 1.82) is 5.41 Å². The Hall–Kier alpha value is -3.19. The number of anilines is 1. The van der Waals surface area contributed by atoms with E-state index in [-0.39, 0.29) is 11.9 Å². The Kier molecular flexibility index (Phi) is 10.3. The van der Waals surface area contributed by atoms with E-state index in [2.05, 4.69) is 56.7 Å². The van der Waals surface area contributed by atoms with Crippen LogP contribution < -0.4 is 5.32 Å². The van der Waals surface area contributed by atoms with Crippen molar-refractivity contribution in [2.45, 2.75) is 71.9 Å². The van der Waals surface area contributed by atoms with Gasteiger partial charge in [-0.05, 0) is 46.4 Å². The molecule has 0 radical (unpaired) electrons. The fraction of sp³-hybridized carbons (Fsp3) is 0.500. The van der Waals surface area contributed by atoms with Gasteiger partial charge in [0.15, 0.2) is 0 Å². The second kappa shape index (κ2) is 13.4. The van der Waals surface area contributed by atoms with Gasteiger partial charge in [0.25, 0.3) is 0 Å². The van der Waals surface area contributed by atoms with Gasteiger partial charge in [-0.25, -0.2) is 4.68 Å². The first kappa shape index (κ1) is 28.4. The molecular weight excluding hydrogens is 460 g/mol. The van der Waals surface area contributed by atoms with E-state index >= 15 is 0 Å². The Morgan fingerprint density at radius 1 is 1.24 bits per heavy atom. The zero-order valence-electron chi connectivity index (χ0n) is 23.3. The van der Waals surface area contributed by atoms with Gasteiger partial charge in [-0.2, -0.15) is 5.10 Å². The summed E-state index contributed by atoms with van der Waals surface area (Å²) in [7, 11) is 2.13. The Morgan fingerprint density at radius 3 is 2.49 bits per heavy atom. The summed E-state index contributed by atoms with van der Waals surface area (Å²) in [6.45, 7) is 14.0. The Morgan fingerprint density at radius 2 is 1.92 bits per heavy atom. The predicted octanol–water partition coefficient (Wildman–Crippen LogP) is 6.03. The van der Waals surface area contributed by atoms with E-state index in [0.717, 1.165) is 35.6 Å². The van der Waals surface area contributed by atoms with Gasteiger partial charge >= 0.3 is 0 Å². The number of likely N-dealkylation sites (N-methyl/N-ethyl adjacent to an activating group) is 1. The first-order valence-electron chi connectivity index (χ1n) is 13.6. The monoisotopic (exact) mass is 504 g/mol. The van der Waals surface area contributed by atoms with Gasteiger partial charge in [0.05, 0.1) is 11.6 Å². The molecule has 2 N–H and O–H groups in total. The molecule has 2 fully saturated rings. The van der Waals surface area contributed by atoms with E-state index in [0.29, 0.717) is 24.8 Å². The van der Waals surface area contributed by atoms with Gasteiger partial charge in [-0.1, -0.05) is 69.2 Å². The van der Waals surface area contributed by atoms with E-state index in [1.165, 1.54) is 31.2 Å². The Bertz CT molecular complexity index is 1100. The molecule has 1 aromatic carbocycles. The van der Waals surface area contributed by atoms with Crippen molar-refractivity contribution >= 4 is 17.4 Å². The van der Waals surface area contributed by atoms with Crippen LogP contribution in [0.15, 0.2) is 49.2 Å². The molecule has 1 saturated carbocycles. The van der Waals surface area contributed by atoms with Crippen molar-refractivity contribution in [3.63, 3.8) is 0 Å². The molecule has 2 aliphatic rings. The topological polar surface area (TPSA) is 77.2 Å². The number of rotatable bonds is 9. The number of nitrogens with one attached hydrogen (secondary N) is 2. The van der Waals surface area contributed by atoms with Crippen molar-refractivity contribution < 1.29 is 4.79 Å². The maximum Gasteiger partial charge on any atom is 0.246 e. The number of carbonyl (C=O) groups excluding carboxylic acids is 1. The lowest BCUT2D eigenvalue weighted by atomic mass is 9.92. The van der Waals surface area contributed by atoms with Crippen molar-refractivity contribution in [3.8, 4) is 11.3 Å². The zero-order chi connectivity index (χ0) is 26.9. The van der Waals surface area contributed by atoms with Gasteiger partial charge in [-0.3, -0.25) is 9.69 Å². The average molecular weight is 505 g/mol. The molecule has 4 rings (SSSR count). The molecule has 0 spiro atoms. The lowest BCUT2D eigenvalue weighted by Crippen LogP contribution is -2.37. The highest BCUT2D eigenvalue weighted by Gasteiger charge is 2.31. The first-order chi connectivity index (χ1) is 17.8. The van der Waals surface area contributed by atoms with Crippen LogP contribution in [0.25, 0.3) is 11.3 Å². The maximum atomic E-state index is 12.8. The molecule has 2 heterocycles. The zero-order valence-corrected chi connectivity index (χ0v) is 23.3. The molecular formula is C30H44N6O. The lowest BCUT2D eigenvalue weighted by molar-refractivity contribution is -0.125. The van der Waals surface area contributed by atoms with Crippen molar-refractivity contribution in [2.24, 2.45) is 0 Å². The highest BCUT2D eigenvalue weighted by Crippen LogP contribution is 2.34. The first-order valence-corrected chi connectivity index (χ1v) is 13.6. The highest BCUT2D eigenvalue weighted by molar-refractivity contribution is 6.06. The average Bonchev–Trinajstić information content (AvgIpc) is 3.44. The minimum absolute atomic E-state index is 0.0368. The number of benzene rings is 1. The van der Waals surface area contributed by atoms with Gasteiger partial charge in [0, 0.05) is 43.0 Å². The Balaban J connectivity index is 0.00000121. The number of nitrogens with zero attached hydrogens (tertiary/aromatic N) is 4. The van der Waals surface area contributed by atoms with Crippen molar-refractivity contribution in [2.75, 3.05) is 32.0 Å². The smallest absolute Gasteiger partial charge is 0.246 e. The molecule has 1 aliphatic carbocycles. The second-order valence-corrected chi connectivity index (χ2v) is 10.2. The van der Waals surface area contributed by atoms with Crippen LogP contribution >= 0.6 is 0 Å². The molecule has 1 atom stereocenters. The molecule has 200 valence electrons. The summed E-state index contributed by atoms with van der Waals surface area (Å²) in [4.78, 5) is 17.0. The fourth-order valence-corrected chi connectivity index (χ4v) is 4.75. The van der Waals surface area contributed by atoms with Crippen LogP contribution in [0.4, 0.5) is 5.82 Å². The number of likely N-dealkylation sites (tertiary alicyclic amines) is 1. The van der Waals surface area contributed by atoms with Crippen molar-refractivity contribution in [3.05, 3.63) is 60.3 Å². The summed E-state index contributed by atoms with van der Waals surface area (Å²) in [5.74, 6) is 0.812. The number of amides is 1. The third kappa shape index (κ3) is 6.98. The van der Waals surface area contributed by atoms with E-state index in [9.17, 15) is 4.79 Å². The summed E-state index contributed by atoms with van der Waals surface area (Å²) < 4.78 is 1.95. The number of aromatic nitrogens is 2. The number of hydrogen-bond donors (Lipinski definition) is 2. The molecule has 7 nitrogen and oxygen atoms in total. The van der Waals surface area contributed by atoms with Gasteiger partial charge in [-0.15, -0.1) is 0 Å². The third-order valence-electron chi connectivity index (χ3n) is 7.02. The number of aryl methyl sites for hydroxylation is 1. The third-order valence-corrected chi connectivity index (χ3v) is 7.02. The van der Waals surface area contributed by atoms with Crippen LogP contribution in [-0.2, 0) is 4.79 Å². The van der Waals surface area contributed by atoms with Gasteiger partial charge in [0.1, 0.15) is 11.5 Å². The molecule has 1 amide bonds. The molecule has 1 aliphatic heterocycles. The van der Waals surface area contributed by atoms with Crippen LogP contribution in [-0.4, -0.2) is 63.9 Å². The largest absolute Gasteiger partial charge is 0.347 e. The van der Waals surface area contributed by atoms with Gasteiger partial charge in [0.2, 0.25) is 5.91 Å². The van der Waals surface area contributed by atoms with Crippen LogP contribution in [0.1, 0.15) is 70.0 Å². The summed E-state index contributed by atoms with van der Waals surface area (Å²) in [6.07, 6.45) is 11.2. The molecule has 2 aromatic rings. The SMILES string of the molecule is C=CNc1c(C(C)=N)c(-c2ccc(C)cc2)nn1C1CCN(C(=O)/C=C/CN(C)C2CCC2)C1.CCC. The molecule has 1 aromatic heterocycles. The summed E-state index contributed by atoms with van der Waals surface area (Å²) in [5, 5.41) is 16.6. The summed E-state index contributed by atoms with van der Waals surface area (Å²) in [5.41, 5.74) is 4.14. The lowest BCUT2D eigenvalue weighted by Gasteiger charge is -2.33. The number of hydrogen-bond acceptors (Lipinski definition) is 5.